The number of ether oxygens (including phenoxy) is 4. The quantitative estimate of drug-likeness (QED) is 0.231. The second kappa shape index (κ2) is 11.8. The van der Waals surface area contributed by atoms with Crippen molar-refractivity contribution in [1.29, 1.82) is 0 Å². The molecule has 0 fully saturated rings. The Bertz CT molecular complexity index is 1380. The minimum Gasteiger partial charge on any atom is -0.497 e. The van der Waals surface area contributed by atoms with Gasteiger partial charge in [0.25, 0.3) is 21.9 Å². The first-order valence-electron chi connectivity index (χ1n) is 11.1. The minimum absolute atomic E-state index is 0.000914. The summed E-state index contributed by atoms with van der Waals surface area (Å²) in [5.74, 6) is 2.36. The Morgan fingerprint density at radius 2 is 1.30 bits per heavy atom. The Morgan fingerprint density at radius 1 is 0.784 bits per heavy atom. The van der Waals surface area contributed by atoms with Crippen molar-refractivity contribution in [3.63, 3.8) is 0 Å². The van der Waals surface area contributed by atoms with Crippen LogP contribution in [0, 0.1) is 0 Å². The maximum absolute atomic E-state index is 11.9. The molecule has 1 atom stereocenters. The standard InChI is InChI=1S/C25H26N2O9S/c1-30-19-8-4-17(5-9-19)15-32-24-13-21(34-26-24)12-23(36-37(3,28)29)22-14-25(27-35-22)33-16-18-6-10-20(31-2)11-7-18/h4-11,13-14,23H,12,15-16H2,1-3H3. The maximum Gasteiger partial charge on any atom is 0.265 e. The van der Waals surface area contributed by atoms with Gasteiger partial charge in [-0.3, -0.25) is 4.18 Å². The van der Waals surface area contributed by atoms with Gasteiger partial charge in [0.2, 0.25) is 0 Å². The average molecular weight is 531 g/mol. The molecule has 0 saturated carbocycles. The van der Waals surface area contributed by atoms with E-state index in [0.29, 0.717) is 5.76 Å². The van der Waals surface area contributed by atoms with E-state index in [1.165, 1.54) is 6.07 Å². The Morgan fingerprint density at radius 3 is 1.81 bits per heavy atom. The van der Waals surface area contributed by atoms with Crippen LogP contribution in [-0.2, 0) is 33.9 Å². The zero-order chi connectivity index (χ0) is 26.3. The molecule has 4 aromatic rings. The topological polar surface area (TPSA) is 132 Å². The summed E-state index contributed by atoms with van der Waals surface area (Å²) in [5, 5.41) is 7.74. The highest BCUT2D eigenvalue weighted by molar-refractivity contribution is 7.86. The molecular weight excluding hydrogens is 504 g/mol. The van der Waals surface area contributed by atoms with E-state index in [1.54, 1.807) is 20.3 Å². The first-order chi connectivity index (χ1) is 17.8. The summed E-state index contributed by atoms with van der Waals surface area (Å²) in [6.07, 6.45) is -0.108. The lowest BCUT2D eigenvalue weighted by Crippen LogP contribution is -2.12. The van der Waals surface area contributed by atoms with E-state index in [0.717, 1.165) is 28.9 Å². The number of methoxy groups -OCH3 is 2. The SMILES string of the molecule is COc1ccc(COc2cc(CC(OS(C)(=O)=O)c3cc(OCc4ccc(OC)cc4)no3)on2)cc1. The molecule has 4 rings (SSSR count). The summed E-state index contributed by atoms with van der Waals surface area (Å²) in [7, 11) is -0.648. The number of hydrogen-bond donors (Lipinski definition) is 0. The van der Waals surface area contributed by atoms with Crippen molar-refractivity contribution < 1.29 is 40.6 Å². The second-order valence-electron chi connectivity index (χ2n) is 7.97. The van der Waals surface area contributed by atoms with Gasteiger partial charge in [0.05, 0.1) is 20.5 Å². The summed E-state index contributed by atoms with van der Waals surface area (Å²) < 4.78 is 61.2. The fraction of sp³-hybridized carbons (Fsp3) is 0.280. The van der Waals surface area contributed by atoms with Crippen molar-refractivity contribution in [2.24, 2.45) is 0 Å². The lowest BCUT2D eigenvalue weighted by molar-refractivity contribution is 0.161. The molecule has 12 heteroatoms. The van der Waals surface area contributed by atoms with E-state index in [-0.39, 0.29) is 37.2 Å². The number of benzene rings is 2. The van der Waals surface area contributed by atoms with Crippen LogP contribution in [0.3, 0.4) is 0 Å². The molecule has 0 radical (unpaired) electrons. The third-order valence-corrected chi connectivity index (χ3v) is 5.71. The van der Waals surface area contributed by atoms with E-state index in [9.17, 15) is 8.42 Å². The molecule has 0 spiro atoms. The van der Waals surface area contributed by atoms with Crippen LogP contribution in [0.15, 0.2) is 69.7 Å². The van der Waals surface area contributed by atoms with Gasteiger partial charge >= 0.3 is 0 Å². The smallest absolute Gasteiger partial charge is 0.265 e. The van der Waals surface area contributed by atoms with Crippen molar-refractivity contribution in [3.05, 3.63) is 83.3 Å². The lowest BCUT2D eigenvalue weighted by atomic mass is 10.1. The van der Waals surface area contributed by atoms with Gasteiger partial charge in [-0.15, -0.1) is 0 Å². The fourth-order valence-corrected chi connectivity index (χ4v) is 3.87. The Labute approximate surface area is 213 Å². The number of nitrogens with zero attached hydrogens (tertiary/aromatic N) is 2. The van der Waals surface area contributed by atoms with Crippen molar-refractivity contribution in [2.75, 3.05) is 20.5 Å². The van der Waals surface area contributed by atoms with E-state index >= 15 is 0 Å². The number of hydrogen-bond acceptors (Lipinski definition) is 11. The maximum atomic E-state index is 11.9. The third-order valence-electron chi connectivity index (χ3n) is 5.13. The molecule has 1 unspecified atom stereocenters. The van der Waals surface area contributed by atoms with E-state index < -0.39 is 16.2 Å². The molecule has 11 nitrogen and oxygen atoms in total. The van der Waals surface area contributed by atoms with Gasteiger partial charge in [-0.25, -0.2) is 0 Å². The van der Waals surface area contributed by atoms with Crippen molar-refractivity contribution in [2.45, 2.75) is 25.7 Å². The Balaban J connectivity index is 1.38. The average Bonchev–Trinajstić information content (AvgIpc) is 3.55. The van der Waals surface area contributed by atoms with Crippen molar-refractivity contribution >= 4 is 10.1 Å². The summed E-state index contributed by atoms with van der Waals surface area (Å²) in [4.78, 5) is 0. The van der Waals surface area contributed by atoms with Gasteiger partial charge in [0, 0.05) is 18.6 Å². The summed E-state index contributed by atoms with van der Waals surface area (Å²) >= 11 is 0. The fourth-order valence-electron chi connectivity index (χ4n) is 3.28. The van der Waals surface area contributed by atoms with Gasteiger partial charge in [-0.05, 0) is 45.7 Å². The highest BCUT2D eigenvalue weighted by Gasteiger charge is 2.26. The number of rotatable bonds is 13. The minimum atomic E-state index is -3.83. The largest absolute Gasteiger partial charge is 0.497 e. The number of aromatic nitrogens is 2. The predicted octanol–water partition coefficient (Wildman–Crippen LogP) is 4.10. The highest BCUT2D eigenvalue weighted by Crippen LogP contribution is 2.29. The normalized spacial score (nSPS) is 12.2. The van der Waals surface area contributed by atoms with Crippen molar-refractivity contribution in [3.8, 4) is 23.3 Å². The summed E-state index contributed by atoms with van der Waals surface area (Å²) in [5.41, 5.74) is 1.80. The molecule has 37 heavy (non-hydrogen) atoms. The van der Waals surface area contributed by atoms with Gasteiger partial charge in [-0.2, -0.15) is 8.42 Å². The molecule has 0 bridgehead atoms. The Hall–Kier alpha value is -4.03. The van der Waals surface area contributed by atoms with E-state index in [1.807, 2.05) is 48.5 Å². The van der Waals surface area contributed by atoms with Crippen LogP contribution in [0.25, 0.3) is 0 Å². The van der Waals surface area contributed by atoms with Crippen LogP contribution in [0.1, 0.15) is 28.8 Å². The van der Waals surface area contributed by atoms with Gasteiger partial charge in [0.15, 0.2) is 5.76 Å². The molecule has 2 heterocycles. The monoisotopic (exact) mass is 530 g/mol. The molecule has 196 valence electrons. The Kier molecular flexibility index (Phi) is 8.31. The van der Waals surface area contributed by atoms with Gasteiger partial charge in [-0.1, -0.05) is 24.3 Å². The van der Waals surface area contributed by atoms with E-state index in [4.69, 9.17) is 32.2 Å². The molecule has 2 aromatic carbocycles. The zero-order valence-electron chi connectivity index (χ0n) is 20.4. The molecule has 0 N–H and O–H groups in total. The molecule has 0 aliphatic rings. The van der Waals surface area contributed by atoms with Crippen LogP contribution >= 0.6 is 0 Å². The highest BCUT2D eigenvalue weighted by atomic mass is 32.2. The van der Waals surface area contributed by atoms with Gasteiger partial charge < -0.3 is 28.0 Å². The summed E-state index contributed by atoms with van der Waals surface area (Å²) in [6, 6.07) is 17.8. The van der Waals surface area contributed by atoms with Crippen LogP contribution in [-0.4, -0.2) is 39.2 Å². The molecule has 0 amide bonds. The van der Waals surface area contributed by atoms with Crippen LogP contribution < -0.4 is 18.9 Å². The molecule has 0 saturated heterocycles. The van der Waals surface area contributed by atoms with Crippen molar-refractivity contribution in [1.82, 2.24) is 10.3 Å². The first-order valence-corrected chi connectivity index (χ1v) is 12.9. The third kappa shape index (κ3) is 7.72. The van der Waals surface area contributed by atoms with Crippen LogP contribution in [0.2, 0.25) is 0 Å². The summed E-state index contributed by atoms with van der Waals surface area (Å²) in [6.45, 7) is 0.487. The second-order valence-corrected chi connectivity index (χ2v) is 9.57. The molecule has 0 aliphatic heterocycles. The predicted molar refractivity (Wildman–Crippen MR) is 130 cm³/mol. The van der Waals surface area contributed by atoms with E-state index in [2.05, 4.69) is 10.3 Å². The molecule has 2 aromatic heterocycles. The van der Waals surface area contributed by atoms with Crippen LogP contribution in [0.5, 0.6) is 23.3 Å². The lowest BCUT2D eigenvalue weighted by Gasteiger charge is -2.11. The molecular formula is C25H26N2O9S. The van der Waals surface area contributed by atoms with Gasteiger partial charge in [0.1, 0.15) is 36.6 Å². The molecule has 0 aliphatic carbocycles. The first kappa shape index (κ1) is 26.0. The zero-order valence-corrected chi connectivity index (χ0v) is 21.3. The van der Waals surface area contributed by atoms with Crippen LogP contribution in [0.4, 0.5) is 0 Å².